The minimum Gasteiger partial charge on any atom is -0.302 e. The van der Waals surface area contributed by atoms with Gasteiger partial charge in [-0.05, 0) is 37.6 Å². The maximum absolute atomic E-state index is 13.6. The lowest BCUT2D eigenvalue weighted by Crippen LogP contribution is -2.20. The fourth-order valence-corrected chi connectivity index (χ4v) is 3.03. The number of nitrogens with zero attached hydrogens (tertiary/aromatic N) is 1. The normalized spacial score (nSPS) is 10.6. The second-order valence-electron chi connectivity index (χ2n) is 5.53. The molecule has 2 amide bonds. The van der Waals surface area contributed by atoms with Crippen LogP contribution < -0.4 is 10.6 Å². The maximum Gasteiger partial charge on any atom is 0.325 e. The van der Waals surface area contributed by atoms with Crippen LogP contribution in [0.1, 0.15) is 11.1 Å². The molecular formula is C18H15F2N3OS. The van der Waals surface area contributed by atoms with Gasteiger partial charge in [-0.2, -0.15) is 0 Å². The molecule has 0 fully saturated rings. The summed E-state index contributed by atoms with van der Waals surface area (Å²) in [6.07, 6.45) is 0. The average Bonchev–Trinajstić information content (AvgIpc) is 3.01. The van der Waals surface area contributed by atoms with E-state index in [1.807, 2.05) is 37.4 Å². The number of halogens is 2. The maximum atomic E-state index is 13.6. The zero-order chi connectivity index (χ0) is 18.0. The molecule has 1 aromatic heterocycles. The lowest BCUT2D eigenvalue weighted by Gasteiger charge is -2.07. The molecule has 0 aliphatic rings. The van der Waals surface area contributed by atoms with E-state index < -0.39 is 23.4 Å². The van der Waals surface area contributed by atoms with E-state index in [0.717, 1.165) is 34.5 Å². The average molecular weight is 359 g/mol. The fourth-order valence-electron chi connectivity index (χ4n) is 2.33. The zero-order valence-electron chi connectivity index (χ0n) is 13.6. The van der Waals surface area contributed by atoms with Crippen molar-refractivity contribution in [2.45, 2.75) is 13.8 Å². The topological polar surface area (TPSA) is 54.0 Å². The molecule has 0 aliphatic heterocycles. The molecule has 7 heteroatoms. The highest BCUT2D eigenvalue weighted by molar-refractivity contribution is 7.14. The van der Waals surface area contributed by atoms with Crippen molar-refractivity contribution in [3.8, 4) is 11.3 Å². The molecule has 0 saturated carbocycles. The van der Waals surface area contributed by atoms with Crippen molar-refractivity contribution in [2.24, 2.45) is 0 Å². The van der Waals surface area contributed by atoms with Gasteiger partial charge in [0.1, 0.15) is 17.3 Å². The summed E-state index contributed by atoms with van der Waals surface area (Å²) in [6.45, 7) is 3.97. The zero-order valence-corrected chi connectivity index (χ0v) is 14.4. The summed E-state index contributed by atoms with van der Waals surface area (Å²) < 4.78 is 27.1. The molecule has 0 saturated heterocycles. The summed E-state index contributed by atoms with van der Waals surface area (Å²) in [7, 11) is 0. The lowest BCUT2D eigenvalue weighted by molar-refractivity contribution is 0.262. The number of rotatable bonds is 3. The van der Waals surface area contributed by atoms with Crippen LogP contribution in [0.25, 0.3) is 11.3 Å². The molecule has 0 aliphatic carbocycles. The second kappa shape index (κ2) is 6.98. The Labute approximate surface area is 147 Å². The van der Waals surface area contributed by atoms with Gasteiger partial charge in [0.2, 0.25) is 0 Å². The summed E-state index contributed by atoms with van der Waals surface area (Å²) in [6, 6.07) is 8.65. The number of benzene rings is 2. The van der Waals surface area contributed by atoms with Crippen molar-refractivity contribution in [2.75, 3.05) is 10.6 Å². The number of aromatic nitrogens is 1. The van der Waals surface area contributed by atoms with Crippen LogP contribution in [0.3, 0.4) is 0 Å². The van der Waals surface area contributed by atoms with Crippen LogP contribution >= 0.6 is 11.3 Å². The summed E-state index contributed by atoms with van der Waals surface area (Å²) in [5.41, 5.74) is 3.39. The first-order valence-corrected chi connectivity index (χ1v) is 8.37. The number of anilines is 2. The molecule has 3 rings (SSSR count). The molecular weight excluding hydrogens is 344 g/mol. The van der Waals surface area contributed by atoms with Crippen molar-refractivity contribution in [3.05, 3.63) is 64.5 Å². The first-order valence-electron chi connectivity index (χ1n) is 7.49. The molecule has 2 aromatic carbocycles. The van der Waals surface area contributed by atoms with Crippen LogP contribution in [0, 0.1) is 25.5 Å². The van der Waals surface area contributed by atoms with E-state index in [1.165, 1.54) is 17.4 Å². The van der Waals surface area contributed by atoms with Crippen LogP contribution in [-0.2, 0) is 0 Å². The molecule has 0 spiro atoms. The molecule has 1 heterocycles. The van der Waals surface area contributed by atoms with Gasteiger partial charge in [-0.3, -0.25) is 5.32 Å². The minimum atomic E-state index is -0.842. The van der Waals surface area contributed by atoms with Crippen molar-refractivity contribution >= 4 is 28.2 Å². The molecule has 0 radical (unpaired) electrons. The van der Waals surface area contributed by atoms with E-state index in [0.29, 0.717) is 5.13 Å². The SMILES string of the molecule is Cc1ccc(C)c(-c2csc(NC(=O)Nc3c(F)cccc3F)n2)c1. The largest absolute Gasteiger partial charge is 0.325 e. The minimum absolute atomic E-state index is 0.338. The highest BCUT2D eigenvalue weighted by Crippen LogP contribution is 2.28. The van der Waals surface area contributed by atoms with Gasteiger partial charge < -0.3 is 5.32 Å². The van der Waals surface area contributed by atoms with Crippen molar-refractivity contribution in [1.29, 1.82) is 0 Å². The van der Waals surface area contributed by atoms with Crippen molar-refractivity contribution < 1.29 is 13.6 Å². The number of carbonyl (C=O) groups is 1. The first-order chi connectivity index (χ1) is 11.9. The van der Waals surface area contributed by atoms with Gasteiger partial charge in [0.25, 0.3) is 0 Å². The molecule has 4 nitrogen and oxygen atoms in total. The van der Waals surface area contributed by atoms with E-state index in [4.69, 9.17) is 0 Å². The van der Waals surface area contributed by atoms with Crippen LogP contribution in [0.5, 0.6) is 0 Å². The molecule has 25 heavy (non-hydrogen) atoms. The fraction of sp³-hybridized carbons (Fsp3) is 0.111. The van der Waals surface area contributed by atoms with Gasteiger partial charge in [-0.15, -0.1) is 11.3 Å². The number of amides is 2. The van der Waals surface area contributed by atoms with Gasteiger partial charge in [-0.1, -0.05) is 23.8 Å². The number of urea groups is 1. The molecule has 0 unspecified atom stereocenters. The van der Waals surface area contributed by atoms with Gasteiger partial charge in [-0.25, -0.2) is 18.6 Å². The number of hydrogen-bond acceptors (Lipinski definition) is 3. The Morgan fingerprint density at radius 1 is 1.08 bits per heavy atom. The van der Waals surface area contributed by atoms with Crippen molar-refractivity contribution in [3.63, 3.8) is 0 Å². The van der Waals surface area contributed by atoms with E-state index in [2.05, 4.69) is 15.6 Å². The third-order valence-electron chi connectivity index (χ3n) is 3.59. The predicted molar refractivity (Wildman–Crippen MR) is 96.0 cm³/mol. The van der Waals surface area contributed by atoms with Gasteiger partial charge in [0.05, 0.1) is 5.69 Å². The summed E-state index contributed by atoms with van der Waals surface area (Å²) in [5.74, 6) is -1.68. The van der Waals surface area contributed by atoms with Crippen LogP contribution in [0.15, 0.2) is 41.8 Å². The van der Waals surface area contributed by atoms with E-state index >= 15 is 0 Å². The van der Waals surface area contributed by atoms with Crippen LogP contribution in [0.4, 0.5) is 24.4 Å². The van der Waals surface area contributed by atoms with E-state index in [1.54, 1.807) is 0 Å². The third-order valence-corrected chi connectivity index (χ3v) is 4.35. The van der Waals surface area contributed by atoms with Crippen molar-refractivity contribution in [1.82, 2.24) is 4.98 Å². The van der Waals surface area contributed by atoms with Gasteiger partial charge in [0.15, 0.2) is 5.13 Å². The number of para-hydroxylation sites is 1. The number of aryl methyl sites for hydroxylation is 2. The Morgan fingerprint density at radius 3 is 2.52 bits per heavy atom. The first kappa shape index (κ1) is 17.0. The molecule has 3 aromatic rings. The Morgan fingerprint density at radius 2 is 1.80 bits per heavy atom. The van der Waals surface area contributed by atoms with E-state index in [-0.39, 0.29) is 0 Å². The molecule has 0 bridgehead atoms. The monoisotopic (exact) mass is 359 g/mol. The van der Waals surface area contributed by atoms with Crippen LogP contribution in [0.2, 0.25) is 0 Å². The molecule has 2 N–H and O–H groups in total. The Bertz CT molecular complexity index is 920. The van der Waals surface area contributed by atoms with Crippen LogP contribution in [-0.4, -0.2) is 11.0 Å². The number of hydrogen-bond donors (Lipinski definition) is 2. The summed E-state index contributed by atoms with van der Waals surface area (Å²) >= 11 is 1.24. The number of thiazole rings is 1. The Hall–Kier alpha value is -2.80. The van der Waals surface area contributed by atoms with Gasteiger partial charge in [0, 0.05) is 10.9 Å². The lowest BCUT2D eigenvalue weighted by atomic mass is 10.0. The van der Waals surface area contributed by atoms with Gasteiger partial charge >= 0.3 is 6.03 Å². The van der Waals surface area contributed by atoms with E-state index in [9.17, 15) is 13.6 Å². The smallest absolute Gasteiger partial charge is 0.302 e. The highest BCUT2D eigenvalue weighted by Gasteiger charge is 2.14. The number of nitrogens with one attached hydrogen (secondary N) is 2. The molecule has 0 atom stereocenters. The second-order valence-corrected chi connectivity index (χ2v) is 6.39. The summed E-state index contributed by atoms with van der Waals surface area (Å²) in [4.78, 5) is 16.3. The molecule has 128 valence electrons. The summed E-state index contributed by atoms with van der Waals surface area (Å²) in [5, 5.41) is 6.81. The third kappa shape index (κ3) is 3.83. The standard InChI is InChI=1S/C18H15F2N3OS/c1-10-6-7-11(2)12(8-10)15-9-25-18(21-15)23-17(24)22-16-13(19)4-3-5-14(16)20/h3-9H,1-2H3,(H2,21,22,23,24). The Balaban J connectivity index is 1.75. The Kier molecular flexibility index (Phi) is 4.76. The quantitative estimate of drug-likeness (QED) is 0.662. The number of carbonyl (C=O) groups excluding carboxylic acids is 1. The predicted octanol–water partition coefficient (Wildman–Crippen LogP) is 5.35. The highest BCUT2D eigenvalue weighted by atomic mass is 32.1.